The summed E-state index contributed by atoms with van der Waals surface area (Å²) in [6, 6.07) is 24.3. The molecule has 3 aromatic carbocycles. The Hall–Kier alpha value is -3.51. The first-order valence-corrected chi connectivity index (χ1v) is 10.8. The number of rotatable bonds is 7. The Morgan fingerprint density at radius 2 is 1.55 bits per heavy atom. The van der Waals surface area contributed by atoms with E-state index in [1.165, 1.54) is 16.7 Å². The van der Waals surface area contributed by atoms with Crippen LogP contribution in [-0.2, 0) is 9.59 Å². The average molecular weight is 431 g/mol. The maximum absolute atomic E-state index is 13.4. The van der Waals surface area contributed by atoms with Crippen molar-refractivity contribution in [3.05, 3.63) is 95.0 Å². The van der Waals surface area contributed by atoms with Crippen molar-refractivity contribution in [3.8, 4) is 5.75 Å². The molecule has 6 heteroatoms. The molecule has 1 heterocycles. The summed E-state index contributed by atoms with van der Waals surface area (Å²) >= 11 is 1.28. The minimum absolute atomic E-state index is 0.242. The lowest BCUT2D eigenvalue weighted by atomic mass is 10.2. The molecule has 0 bridgehead atoms. The van der Waals surface area contributed by atoms with E-state index in [9.17, 15) is 9.59 Å². The van der Waals surface area contributed by atoms with Gasteiger partial charge in [-0.15, -0.1) is 0 Å². The van der Waals surface area contributed by atoms with E-state index in [4.69, 9.17) is 4.74 Å². The van der Waals surface area contributed by atoms with Crippen LogP contribution in [0.1, 0.15) is 12.5 Å². The highest BCUT2D eigenvalue weighted by atomic mass is 32.2. The summed E-state index contributed by atoms with van der Waals surface area (Å²) in [5.41, 5.74) is 2.48. The number of carbonyl (C=O) groups is 2. The van der Waals surface area contributed by atoms with Crippen LogP contribution in [0, 0.1) is 6.92 Å². The monoisotopic (exact) mass is 430 g/mol. The molecule has 0 radical (unpaired) electrons. The van der Waals surface area contributed by atoms with Crippen molar-refractivity contribution in [1.29, 1.82) is 0 Å². The smallest absolute Gasteiger partial charge is 0.283 e. The van der Waals surface area contributed by atoms with Gasteiger partial charge in [0.2, 0.25) is 0 Å². The van der Waals surface area contributed by atoms with Crippen molar-refractivity contribution in [2.75, 3.05) is 16.8 Å². The van der Waals surface area contributed by atoms with Gasteiger partial charge in [0.1, 0.15) is 16.4 Å². The number of hydrogen-bond acceptors (Lipinski definition) is 5. The maximum Gasteiger partial charge on any atom is 0.283 e. The zero-order valence-corrected chi connectivity index (χ0v) is 18.1. The molecule has 0 fully saturated rings. The van der Waals surface area contributed by atoms with Gasteiger partial charge in [0.15, 0.2) is 0 Å². The van der Waals surface area contributed by atoms with Gasteiger partial charge in [-0.1, -0.05) is 59.8 Å². The zero-order valence-electron chi connectivity index (χ0n) is 17.3. The minimum Gasteiger partial charge on any atom is -0.492 e. The molecule has 2 amide bonds. The molecule has 0 saturated carbocycles. The number of para-hydroxylation sites is 2. The van der Waals surface area contributed by atoms with Gasteiger partial charge in [-0.25, -0.2) is 4.90 Å². The van der Waals surface area contributed by atoms with Crippen molar-refractivity contribution >= 4 is 35.0 Å². The van der Waals surface area contributed by atoms with Gasteiger partial charge in [-0.05, 0) is 50.2 Å². The standard InChI is InChI=1S/C25H22N2O3S/c1-3-30-21-12-8-7-11-20(21)26-22-23(31-19-9-5-4-6-10-19)25(29)27(24(22)28)18-15-13-17(2)14-16-18/h4-16,26H,3H2,1-2H3. The molecule has 3 aromatic rings. The fourth-order valence-electron chi connectivity index (χ4n) is 3.24. The zero-order chi connectivity index (χ0) is 21.8. The van der Waals surface area contributed by atoms with E-state index < -0.39 is 5.91 Å². The summed E-state index contributed by atoms with van der Waals surface area (Å²) in [6.45, 7) is 4.35. The molecule has 1 aliphatic rings. The van der Waals surface area contributed by atoms with Crippen LogP contribution < -0.4 is 15.0 Å². The van der Waals surface area contributed by atoms with Crippen LogP contribution >= 0.6 is 11.8 Å². The van der Waals surface area contributed by atoms with E-state index in [0.717, 1.165) is 10.5 Å². The molecular weight excluding hydrogens is 408 g/mol. The summed E-state index contributed by atoms with van der Waals surface area (Å²) in [7, 11) is 0. The Morgan fingerprint density at radius 3 is 2.26 bits per heavy atom. The third-order valence-electron chi connectivity index (χ3n) is 4.74. The van der Waals surface area contributed by atoms with Crippen LogP contribution in [0.3, 0.4) is 0 Å². The lowest BCUT2D eigenvalue weighted by molar-refractivity contribution is -0.120. The number of hydrogen-bond donors (Lipinski definition) is 1. The number of imide groups is 1. The number of ether oxygens (including phenoxy) is 1. The Balaban J connectivity index is 1.75. The van der Waals surface area contributed by atoms with E-state index in [2.05, 4.69) is 5.32 Å². The number of anilines is 2. The normalized spacial score (nSPS) is 13.7. The lowest BCUT2D eigenvalue weighted by Gasteiger charge is -2.16. The number of aryl methyl sites for hydroxylation is 1. The van der Waals surface area contributed by atoms with Crippen LogP contribution in [0.25, 0.3) is 0 Å². The van der Waals surface area contributed by atoms with Crippen LogP contribution in [-0.4, -0.2) is 18.4 Å². The second-order valence-corrected chi connectivity index (χ2v) is 8.04. The molecule has 5 nitrogen and oxygen atoms in total. The topological polar surface area (TPSA) is 58.6 Å². The predicted octanol–water partition coefficient (Wildman–Crippen LogP) is 5.38. The van der Waals surface area contributed by atoms with Crippen LogP contribution in [0.5, 0.6) is 5.75 Å². The number of benzene rings is 3. The quantitative estimate of drug-likeness (QED) is 0.510. The Morgan fingerprint density at radius 1 is 0.871 bits per heavy atom. The third-order valence-corrected chi connectivity index (χ3v) is 5.83. The van der Waals surface area contributed by atoms with E-state index in [-0.39, 0.29) is 11.6 Å². The predicted molar refractivity (Wildman–Crippen MR) is 124 cm³/mol. The van der Waals surface area contributed by atoms with Gasteiger partial charge in [-0.3, -0.25) is 9.59 Å². The van der Waals surface area contributed by atoms with Gasteiger partial charge in [-0.2, -0.15) is 0 Å². The number of thioether (sulfide) groups is 1. The highest BCUT2D eigenvalue weighted by Crippen LogP contribution is 2.38. The number of nitrogens with zero attached hydrogens (tertiary/aromatic N) is 1. The van der Waals surface area contributed by atoms with Gasteiger partial charge in [0.05, 0.1) is 18.0 Å². The molecule has 31 heavy (non-hydrogen) atoms. The van der Waals surface area contributed by atoms with Gasteiger partial charge < -0.3 is 10.1 Å². The molecule has 1 N–H and O–H groups in total. The summed E-state index contributed by atoms with van der Waals surface area (Å²) in [4.78, 5) is 29.2. The Bertz CT molecular complexity index is 1140. The molecule has 0 aliphatic carbocycles. The second kappa shape index (κ2) is 9.10. The first kappa shape index (κ1) is 20.8. The molecule has 0 spiro atoms. The van der Waals surface area contributed by atoms with E-state index in [1.54, 1.807) is 12.1 Å². The Labute approximate surface area is 185 Å². The summed E-state index contributed by atoms with van der Waals surface area (Å²) in [6.07, 6.45) is 0. The summed E-state index contributed by atoms with van der Waals surface area (Å²) in [5, 5.41) is 3.18. The SMILES string of the molecule is CCOc1ccccc1NC1=C(Sc2ccccc2)C(=O)N(c2ccc(C)cc2)C1=O. The molecule has 0 unspecified atom stereocenters. The highest BCUT2D eigenvalue weighted by Gasteiger charge is 2.40. The molecule has 0 saturated heterocycles. The largest absolute Gasteiger partial charge is 0.492 e. The minimum atomic E-state index is -0.390. The van der Waals surface area contributed by atoms with Crippen molar-refractivity contribution in [2.24, 2.45) is 0 Å². The van der Waals surface area contributed by atoms with E-state index in [1.807, 2.05) is 80.6 Å². The number of carbonyl (C=O) groups excluding carboxylic acids is 2. The van der Waals surface area contributed by atoms with Crippen molar-refractivity contribution in [3.63, 3.8) is 0 Å². The fourth-order valence-corrected chi connectivity index (χ4v) is 4.18. The Kier molecular flexibility index (Phi) is 6.09. The van der Waals surface area contributed by atoms with E-state index >= 15 is 0 Å². The van der Waals surface area contributed by atoms with Crippen LogP contribution in [0.15, 0.2) is 94.4 Å². The molecule has 156 valence electrons. The third kappa shape index (κ3) is 4.34. The number of nitrogens with one attached hydrogen (secondary N) is 1. The molecular formula is C25H22N2O3S. The van der Waals surface area contributed by atoms with Crippen LogP contribution in [0.4, 0.5) is 11.4 Å². The molecule has 0 atom stereocenters. The molecule has 4 rings (SSSR count). The summed E-state index contributed by atoms with van der Waals surface area (Å²) < 4.78 is 5.69. The first-order valence-electron chi connectivity index (χ1n) is 10.00. The van der Waals surface area contributed by atoms with Gasteiger partial charge >= 0.3 is 0 Å². The van der Waals surface area contributed by atoms with Crippen molar-refractivity contribution in [1.82, 2.24) is 0 Å². The van der Waals surface area contributed by atoms with Crippen molar-refractivity contribution in [2.45, 2.75) is 18.7 Å². The van der Waals surface area contributed by atoms with Gasteiger partial charge in [0, 0.05) is 4.90 Å². The molecule has 0 aromatic heterocycles. The fraction of sp³-hybridized carbons (Fsp3) is 0.120. The maximum atomic E-state index is 13.4. The van der Waals surface area contributed by atoms with E-state index in [0.29, 0.717) is 28.6 Å². The van der Waals surface area contributed by atoms with Gasteiger partial charge in [0.25, 0.3) is 11.8 Å². The molecule has 1 aliphatic heterocycles. The highest BCUT2D eigenvalue weighted by molar-refractivity contribution is 8.04. The average Bonchev–Trinajstić information content (AvgIpc) is 3.01. The lowest BCUT2D eigenvalue weighted by Crippen LogP contribution is -2.32. The first-order chi connectivity index (χ1) is 15.1. The van der Waals surface area contributed by atoms with Crippen LogP contribution in [0.2, 0.25) is 0 Å². The summed E-state index contributed by atoms with van der Waals surface area (Å²) in [5.74, 6) is -0.117. The van der Waals surface area contributed by atoms with Crippen molar-refractivity contribution < 1.29 is 14.3 Å². The second-order valence-electron chi connectivity index (χ2n) is 6.95. The number of amides is 2.